The highest BCUT2D eigenvalue weighted by Crippen LogP contribution is 2.64. The van der Waals surface area contributed by atoms with Crippen molar-refractivity contribution in [2.75, 3.05) is 20.2 Å². The molecule has 27 heavy (non-hydrogen) atoms. The molecule has 2 aliphatic heterocycles. The first-order valence-electron chi connectivity index (χ1n) is 10.8. The van der Waals surface area contributed by atoms with Gasteiger partial charge in [-0.3, -0.25) is 9.69 Å². The van der Waals surface area contributed by atoms with Crippen LogP contribution in [0.2, 0.25) is 0 Å². The molecule has 1 aromatic rings. The van der Waals surface area contributed by atoms with Crippen LogP contribution in [0.15, 0.2) is 12.1 Å². The number of hydrogen-bond donors (Lipinski definition) is 0. The number of piperidine rings is 1. The number of ketones is 1. The standard InChI is InChI=1S/C23H29NO3/c1-13-10-17(25)22-23-8-9-24(12-14-4-3-5-14)16(19(13)23)11-15-6-7-18(26-2)21(27-22)20(15)23/h6-7,13-14,16,19,22H,3-5,8-12H2,1-2H3/t13-,16+,19-,22-,23-/m0/s1. The number of rotatable bonds is 3. The highest BCUT2D eigenvalue weighted by molar-refractivity contribution is 5.89. The second-order valence-corrected chi connectivity index (χ2v) is 9.66. The Hall–Kier alpha value is -1.55. The molecule has 4 heteroatoms. The van der Waals surface area contributed by atoms with Gasteiger partial charge in [-0.25, -0.2) is 0 Å². The Balaban J connectivity index is 1.51. The van der Waals surface area contributed by atoms with Gasteiger partial charge in [0.15, 0.2) is 23.4 Å². The lowest BCUT2D eigenvalue weighted by Crippen LogP contribution is -2.68. The maximum atomic E-state index is 13.1. The van der Waals surface area contributed by atoms with Gasteiger partial charge in [0.1, 0.15) is 0 Å². The van der Waals surface area contributed by atoms with Crippen LogP contribution in [0.5, 0.6) is 11.5 Å². The molecule has 6 rings (SSSR count). The second kappa shape index (κ2) is 5.50. The SMILES string of the molecule is COc1ccc2c3c1O[C@H]1C(=O)C[C@H](C)[C@H]4[C@@H](C2)N(CC2CCC2)CC[C@@]341. The fraction of sp³-hybridized carbons (Fsp3) is 0.696. The van der Waals surface area contributed by atoms with Crippen molar-refractivity contribution < 1.29 is 14.3 Å². The molecule has 2 heterocycles. The molecule has 0 unspecified atom stereocenters. The van der Waals surface area contributed by atoms with Crippen LogP contribution in [0.4, 0.5) is 0 Å². The Kier molecular flexibility index (Phi) is 3.34. The first-order chi connectivity index (χ1) is 13.1. The van der Waals surface area contributed by atoms with Crippen LogP contribution in [-0.2, 0) is 16.6 Å². The van der Waals surface area contributed by atoms with E-state index in [0.717, 1.165) is 36.8 Å². The average molecular weight is 367 g/mol. The summed E-state index contributed by atoms with van der Waals surface area (Å²) in [6.45, 7) is 4.67. The summed E-state index contributed by atoms with van der Waals surface area (Å²) in [5.74, 6) is 3.82. The topological polar surface area (TPSA) is 38.8 Å². The lowest BCUT2D eigenvalue weighted by atomic mass is 9.49. The summed E-state index contributed by atoms with van der Waals surface area (Å²) in [6.07, 6.45) is 6.72. The minimum absolute atomic E-state index is 0.118. The average Bonchev–Trinajstić information content (AvgIpc) is 2.96. The van der Waals surface area contributed by atoms with Crippen molar-refractivity contribution in [3.05, 3.63) is 23.3 Å². The number of methoxy groups -OCH3 is 1. The molecule has 0 radical (unpaired) electrons. The normalized spacial score (nSPS) is 39.6. The molecule has 1 saturated heterocycles. The third-order valence-electron chi connectivity index (χ3n) is 8.46. The van der Waals surface area contributed by atoms with Gasteiger partial charge in [0.2, 0.25) is 0 Å². The van der Waals surface area contributed by atoms with Gasteiger partial charge < -0.3 is 9.47 Å². The van der Waals surface area contributed by atoms with E-state index in [9.17, 15) is 4.79 Å². The highest BCUT2D eigenvalue weighted by atomic mass is 16.5. The molecule has 5 atom stereocenters. The Morgan fingerprint density at radius 1 is 1.30 bits per heavy atom. The monoisotopic (exact) mass is 367 g/mol. The summed E-state index contributed by atoms with van der Waals surface area (Å²) in [7, 11) is 1.70. The summed E-state index contributed by atoms with van der Waals surface area (Å²) in [6, 6.07) is 4.84. The van der Waals surface area contributed by atoms with Gasteiger partial charge in [0.25, 0.3) is 0 Å². The molecule has 1 spiro atoms. The van der Waals surface area contributed by atoms with Crippen LogP contribution in [0, 0.1) is 17.8 Å². The van der Waals surface area contributed by atoms with Crippen LogP contribution in [0.25, 0.3) is 0 Å². The molecule has 5 aliphatic rings. The third kappa shape index (κ3) is 1.95. The Morgan fingerprint density at radius 2 is 2.15 bits per heavy atom. The Morgan fingerprint density at radius 3 is 2.89 bits per heavy atom. The molecule has 2 saturated carbocycles. The van der Waals surface area contributed by atoms with Crippen molar-refractivity contribution in [1.82, 2.24) is 4.90 Å². The smallest absolute Gasteiger partial charge is 0.174 e. The zero-order valence-electron chi connectivity index (χ0n) is 16.4. The summed E-state index contributed by atoms with van der Waals surface area (Å²) in [5, 5.41) is 0. The third-order valence-corrected chi connectivity index (χ3v) is 8.46. The predicted octanol–water partition coefficient (Wildman–Crippen LogP) is 3.35. The van der Waals surface area contributed by atoms with Gasteiger partial charge in [-0.15, -0.1) is 0 Å². The quantitative estimate of drug-likeness (QED) is 0.821. The van der Waals surface area contributed by atoms with Crippen molar-refractivity contribution >= 4 is 5.78 Å². The lowest BCUT2D eigenvalue weighted by Gasteiger charge is -2.60. The molecular formula is C23H29NO3. The number of likely N-dealkylation sites (tertiary alicyclic amines) is 1. The number of carbonyl (C=O) groups is 1. The molecule has 4 nitrogen and oxygen atoms in total. The Labute approximate surface area is 161 Å². The number of Topliss-reactive ketones (excluding diaryl/α,β-unsaturated/α-hetero) is 1. The molecule has 0 aromatic heterocycles. The maximum absolute atomic E-state index is 13.1. The molecule has 3 fully saturated rings. The van der Waals surface area contributed by atoms with Crippen LogP contribution in [0.1, 0.15) is 50.2 Å². The van der Waals surface area contributed by atoms with E-state index in [2.05, 4.69) is 17.9 Å². The van der Waals surface area contributed by atoms with E-state index in [-0.39, 0.29) is 11.5 Å². The Bertz CT molecular complexity index is 816. The van der Waals surface area contributed by atoms with Crippen molar-refractivity contribution in [3.63, 3.8) is 0 Å². The molecule has 0 amide bonds. The van der Waals surface area contributed by atoms with Crippen LogP contribution in [0.3, 0.4) is 0 Å². The van der Waals surface area contributed by atoms with E-state index < -0.39 is 0 Å². The minimum atomic E-state index is -0.294. The first kappa shape index (κ1) is 16.4. The number of carbonyl (C=O) groups excluding carboxylic acids is 1. The van der Waals surface area contributed by atoms with Gasteiger partial charge in [0, 0.05) is 30.0 Å². The van der Waals surface area contributed by atoms with Gasteiger partial charge >= 0.3 is 0 Å². The van der Waals surface area contributed by atoms with E-state index in [1.807, 2.05) is 6.07 Å². The van der Waals surface area contributed by atoms with Crippen LogP contribution < -0.4 is 9.47 Å². The molecule has 1 aromatic carbocycles. The van der Waals surface area contributed by atoms with Crippen molar-refractivity contribution in [2.45, 2.75) is 63.0 Å². The van der Waals surface area contributed by atoms with Gasteiger partial charge in [0.05, 0.1) is 7.11 Å². The van der Waals surface area contributed by atoms with Gasteiger partial charge in [-0.05, 0) is 61.6 Å². The fourth-order valence-electron chi connectivity index (χ4n) is 7.25. The second-order valence-electron chi connectivity index (χ2n) is 9.66. The fourth-order valence-corrected chi connectivity index (χ4v) is 7.25. The van der Waals surface area contributed by atoms with E-state index in [4.69, 9.17) is 9.47 Å². The highest BCUT2D eigenvalue weighted by Gasteiger charge is 2.67. The van der Waals surface area contributed by atoms with Crippen molar-refractivity contribution in [2.24, 2.45) is 17.8 Å². The molecule has 0 N–H and O–H groups in total. The maximum Gasteiger partial charge on any atom is 0.174 e. The molecule has 144 valence electrons. The van der Waals surface area contributed by atoms with E-state index in [0.29, 0.717) is 30.1 Å². The van der Waals surface area contributed by atoms with E-state index >= 15 is 0 Å². The summed E-state index contributed by atoms with van der Waals surface area (Å²) >= 11 is 0. The zero-order chi connectivity index (χ0) is 18.3. The number of benzene rings is 1. The largest absolute Gasteiger partial charge is 0.493 e. The van der Waals surface area contributed by atoms with Crippen molar-refractivity contribution in [3.8, 4) is 11.5 Å². The van der Waals surface area contributed by atoms with Gasteiger partial charge in [-0.2, -0.15) is 0 Å². The predicted molar refractivity (Wildman–Crippen MR) is 102 cm³/mol. The number of nitrogens with zero attached hydrogens (tertiary/aromatic N) is 1. The van der Waals surface area contributed by atoms with Crippen LogP contribution in [-0.4, -0.2) is 43.0 Å². The summed E-state index contributed by atoms with van der Waals surface area (Å²) in [4.78, 5) is 15.9. The van der Waals surface area contributed by atoms with Crippen molar-refractivity contribution in [1.29, 1.82) is 0 Å². The van der Waals surface area contributed by atoms with Crippen LogP contribution >= 0.6 is 0 Å². The minimum Gasteiger partial charge on any atom is -0.493 e. The summed E-state index contributed by atoms with van der Waals surface area (Å²) in [5.41, 5.74) is 2.61. The summed E-state index contributed by atoms with van der Waals surface area (Å²) < 4.78 is 12.0. The number of ether oxygens (including phenoxy) is 2. The van der Waals surface area contributed by atoms with Gasteiger partial charge in [-0.1, -0.05) is 19.4 Å². The first-order valence-corrected chi connectivity index (χ1v) is 10.8. The molecule has 2 bridgehead atoms. The van der Waals surface area contributed by atoms with E-state index in [1.54, 1.807) is 7.11 Å². The van der Waals surface area contributed by atoms with E-state index in [1.165, 1.54) is 36.9 Å². The zero-order valence-corrected chi connectivity index (χ0v) is 16.4. The lowest BCUT2D eigenvalue weighted by molar-refractivity contribution is -0.144. The number of hydrogen-bond acceptors (Lipinski definition) is 4. The molecule has 3 aliphatic carbocycles. The molecular weight excluding hydrogens is 338 g/mol.